The maximum absolute atomic E-state index is 12.3. The van der Waals surface area contributed by atoms with Gasteiger partial charge in [0.25, 0.3) is 11.8 Å². The van der Waals surface area contributed by atoms with E-state index in [2.05, 4.69) is 15.8 Å². The molecule has 1 aromatic heterocycles. The lowest BCUT2D eigenvalue weighted by molar-refractivity contribution is 0.0843. The summed E-state index contributed by atoms with van der Waals surface area (Å²) in [6, 6.07) is 14.0. The molecule has 3 aromatic rings. The topological polar surface area (TPSA) is 103 Å². The predicted octanol–water partition coefficient (Wildman–Crippen LogP) is 2.45. The van der Waals surface area contributed by atoms with Gasteiger partial charge in [0.05, 0.1) is 0 Å². The number of aryl methyl sites for hydroxylation is 1. The Morgan fingerprint density at radius 3 is 2.52 bits per heavy atom. The number of aromatic nitrogens is 1. The summed E-state index contributed by atoms with van der Waals surface area (Å²) >= 11 is 0. The number of hydrogen-bond donors (Lipinski definition) is 2. The largest absolute Gasteiger partial charge is 0.454 e. The van der Waals surface area contributed by atoms with E-state index in [1.165, 1.54) is 0 Å². The van der Waals surface area contributed by atoms with E-state index < -0.39 is 11.8 Å². The molecule has 0 unspecified atom stereocenters. The molecule has 0 radical (unpaired) electrons. The van der Waals surface area contributed by atoms with E-state index in [0.717, 1.165) is 5.56 Å². The van der Waals surface area contributed by atoms with Crippen molar-refractivity contribution in [1.82, 2.24) is 15.8 Å². The van der Waals surface area contributed by atoms with Gasteiger partial charge in [-0.05, 0) is 37.3 Å². The predicted molar refractivity (Wildman–Crippen MR) is 94.2 cm³/mol. The van der Waals surface area contributed by atoms with Gasteiger partial charge in [-0.2, -0.15) is 0 Å². The third kappa shape index (κ3) is 3.32. The van der Waals surface area contributed by atoms with Gasteiger partial charge >= 0.3 is 0 Å². The number of amides is 2. The minimum absolute atomic E-state index is 0.0971. The number of hydrazine groups is 1. The van der Waals surface area contributed by atoms with Crippen molar-refractivity contribution in [2.75, 3.05) is 6.79 Å². The van der Waals surface area contributed by atoms with Crippen LogP contribution >= 0.6 is 0 Å². The molecule has 2 N–H and O–H groups in total. The number of benzene rings is 2. The van der Waals surface area contributed by atoms with E-state index in [-0.39, 0.29) is 12.5 Å². The van der Waals surface area contributed by atoms with Crippen molar-refractivity contribution >= 4 is 11.8 Å². The van der Waals surface area contributed by atoms with Crippen LogP contribution in [0.3, 0.4) is 0 Å². The Kier molecular flexibility index (Phi) is 4.21. The Bertz CT molecular complexity index is 1010. The Morgan fingerprint density at radius 2 is 1.70 bits per heavy atom. The van der Waals surface area contributed by atoms with Crippen LogP contribution in [-0.2, 0) is 0 Å². The molecule has 0 bridgehead atoms. The van der Waals surface area contributed by atoms with Crippen LogP contribution in [0.25, 0.3) is 11.5 Å². The van der Waals surface area contributed by atoms with Crippen molar-refractivity contribution in [3.05, 3.63) is 65.5 Å². The van der Waals surface area contributed by atoms with E-state index in [0.29, 0.717) is 28.7 Å². The number of ether oxygens (including phenoxy) is 2. The summed E-state index contributed by atoms with van der Waals surface area (Å²) < 4.78 is 16.0. The first-order valence-corrected chi connectivity index (χ1v) is 8.15. The van der Waals surface area contributed by atoms with Crippen LogP contribution in [0.1, 0.15) is 26.6 Å². The standard InChI is InChI=1S/C19H15N3O5/c1-11-16(20-19(27-11)12-5-3-2-4-6-12)18(24)22-21-17(23)13-7-8-14-15(9-13)26-10-25-14/h2-9H,10H2,1H3,(H,21,23)(H,22,24). The minimum atomic E-state index is -0.576. The molecule has 0 fully saturated rings. The lowest BCUT2D eigenvalue weighted by atomic mass is 10.2. The molecule has 0 saturated carbocycles. The Morgan fingerprint density at radius 1 is 0.963 bits per heavy atom. The van der Waals surface area contributed by atoms with Crippen molar-refractivity contribution in [2.45, 2.75) is 6.92 Å². The zero-order chi connectivity index (χ0) is 18.8. The molecule has 8 heteroatoms. The van der Waals surface area contributed by atoms with Gasteiger partial charge < -0.3 is 13.9 Å². The SMILES string of the molecule is Cc1oc(-c2ccccc2)nc1C(=O)NNC(=O)c1ccc2c(c1)OCO2. The van der Waals surface area contributed by atoms with Crippen LogP contribution in [0.2, 0.25) is 0 Å². The van der Waals surface area contributed by atoms with Crippen LogP contribution in [-0.4, -0.2) is 23.6 Å². The fourth-order valence-corrected chi connectivity index (χ4v) is 2.59. The molecule has 0 atom stereocenters. The fraction of sp³-hybridized carbons (Fsp3) is 0.105. The zero-order valence-corrected chi connectivity index (χ0v) is 14.3. The molecule has 1 aliphatic heterocycles. The molecule has 4 rings (SSSR count). The maximum Gasteiger partial charge on any atom is 0.291 e. The van der Waals surface area contributed by atoms with Gasteiger partial charge in [0.1, 0.15) is 5.76 Å². The summed E-state index contributed by atoms with van der Waals surface area (Å²) in [6.45, 7) is 1.75. The van der Waals surface area contributed by atoms with Crippen LogP contribution in [0.4, 0.5) is 0 Å². The summed E-state index contributed by atoms with van der Waals surface area (Å²) in [5.74, 6) is 0.665. The van der Waals surface area contributed by atoms with Gasteiger partial charge in [0.15, 0.2) is 17.2 Å². The highest BCUT2D eigenvalue weighted by Crippen LogP contribution is 2.32. The number of nitrogens with zero attached hydrogens (tertiary/aromatic N) is 1. The van der Waals surface area contributed by atoms with Crippen LogP contribution in [0, 0.1) is 6.92 Å². The maximum atomic E-state index is 12.3. The normalized spacial score (nSPS) is 11.9. The second kappa shape index (κ2) is 6.83. The molecule has 2 amide bonds. The van der Waals surface area contributed by atoms with Crippen molar-refractivity contribution in [3.8, 4) is 23.0 Å². The lowest BCUT2D eigenvalue weighted by Gasteiger charge is -2.06. The fourth-order valence-electron chi connectivity index (χ4n) is 2.59. The Labute approximate surface area is 154 Å². The van der Waals surface area contributed by atoms with E-state index in [9.17, 15) is 9.59 Å². The highest BCUT2D eigenvalue weighted by Gasteiger charge is 2.20. The lowest BCUT2D eigenvalue weighted by Crippen LogP contribution is -2.42. The second-order valence-electron chi connectivity index (χ2n) is 5.77. The Balaban J connectivity index is 1.44. The van der Waals surface area contributed by atoms with Crippen LogP contribution < -0.4 is 20.3 Å². The van der Waals surface area contributed by atoms with Gasteiger partial charge in [0.2, 0.25) is 12.7 Å². The summed E-state index contributed by atoms with van der Waals surface area (Å²) in [4.78, 5) is 28.8. The number of fused-ring (bicyclic) bond motifs is 1. The quantitative estimate of drug-likeness (QED) is 0.691. The van der Waals surface area contributed by atoms with Crippen molar-refractivity contribution in [2.24, 2.45) is 0 Å². The molecule has 8 nitrogen and oxygen atoms in total. The number of nitrogens with one attached hydrogen (secondary N) is 2. The van der Waals surface area contributed by atoms with Gasteiger partial charge in [-0.3, -0.25) is 20.4 Å². The van der Waals surface area contributed by atoms with Crippen molar-refractivity contribution in [3.63, 3.8) is 0 Å². The first kappa shape index (κ1) is 16.6. The van der Waals surface area contributed by atoms with Gasteiger partial charge in [-0.1, -0.05) is 18.2 Å². The highest BCUT2D eigenvalue weighted by atomic mass is 16.7. The first-order chi connectivity index (χ1) is 13.1. The average Bonchev–Trinajstić information content (AvgIpc) is 3.32. The molecule has 0 aliphatic carbocycles. The first-order valence-electron chi connectivity index (χ1n) is 8.15. The number of carbonyl (C=O) groups is 2. The average molecular weight is 365 g/mol. The van der Waals surface area contributed by atoms with E-state index in [1.807, 2.05) is 30.3 Å². The number of oxazole rings is 1. The van der Waals surface area contributed by atoms with E-state index in [4.69, 9.17) is 13.9 Å². The monoisotopic (exact) mass is 365 g/mol. The number of rotatable bonds is 3. The molecule has 0 spiro atoms. The van der Waals surface area contributed by atoms with Crippen molar-refractivity contribution < 1.29 is 23.5 Å². The van der Waals surface area contributed by atoms with Gasteiger partial charge in [0, 0.05) is 11.1 Å². The van der Waals surface area contributed by atoms with Gasteiger partial charge in [-0.15, -0.1) is 0 Å². The number of carbonyl (C=O) groups excluding carboxylic acids is 2. The summed E-state index contributed by atoms with van der Waals surface area (Å²) in [5.41, 5.74) is 5.86. The molecule has 2 aromatic carbocycles. The summed E-state index contributed by atoms with van der Waals surface area (Å²) in [5, 5.41) is 0. The molecule has 1 aliphatic rings. The summed E-state index contributed by atoms with van der Waals surface area (Å²) in [6.07, 6.45) is 0. The van der Waals surface area contributed by atoms with Gasteiger partial charge in [-0.25, -0.2) is 4.98 Å². The zero-order valence-electron chi connectivity index (χ0n) is 14.3. The Hall–Kier alpha value is -3.81. The third-order valence-electron chi connectivity index (χ3n) is 3.96. The van der Waals surface area contributed by atoms with Crippen LogP contribution in [0.15, 0.2) is 52.9 Å². The van der Waals surface area contributed by atoms with Crippen LogP contribution in [0.5, 0.6) is 11.5 Å². The molecule has 136 valence electrons. The smallest absolute Gasteiger partial charge is 0.291 e. The van der Waals surface area contributed by atoms with E-state index in [1.54, 1.807) is 25.1 Å². The highest BCUT2D eigenvalue weighted by molar-refractivity contribution is 5.99. The minimum Gasteiger partial charge on any atom is -0.454 e. The second-order valence-corrected chi connectivity index (χ2v) is 5.77. The number of hydrogen-bond acceptors (Lipinski definition) is 6. The molecule has 2 heterocycles. The third-order valence-corrected chi connectivity index (χ3v) is 3.96. The molecule has 27 heavy (non-hydrogen) atoms. The van der Waals surface area contributed by atoms with Crippen molar-refractivity contribution in [1.29, 1.82) is 0 Å². The molecular formula is C19H15N3O5. The molecule has 0 saturated heterocycles. The van der Waals surface area contributed by atoms with E-state index >= 15 is 0 Å². The summed E-state index contributed by atoms with van der Waals surface area (Å²) in [7, 11) is 0. The molecular weight excluding hydrogens is 350 g/mol.